The molecule has 1 fully saturated rings. The van der Waals surface area contributed by atoms with Crippen LogP contribution in [0.4, 0.5) is 14.9 Å². The molecule has 3 rings (SSSR count). The minimum absolute atomic E-state index is 0.0723. The number of hydrogen-bond acceptors (Lipinski definition) is 1. The van der Waals surface area contributed by atoms with Crippen LogP contribution in [0.15, 0.2) is 54.6 Å². The van der Waals surface area contributed by atoms with Gasteiger partial charge in [-0.15, -0.1) is 0 Å². The molecule has 120 valence electrons. The highest BCUT2D eigenvalue weighted by Gasteiger charge is 2.27. The Labute approximate surface area is 136 Å². The number of nitrogens with one attached hydrogen (secondary N) is 1. The predicted octanol–water partition coefficient (Wildman–Crippen LogP) is 4.97. The number of nitrogens with zero attached hydrogens (tertiary/aromatic N) is 1. The van der Waals surface area contributed by atoms with Gasteiger partial charge in [0.05, 0.1) is 6.04 Å². The SMILES string of the molecule is O=C(Nc1ccccc1)N1CCCCC[C@H]1c1cccc(F)c1. The minimum Gasteiger partial charge on any atom is -0.317 e. The second-order valence-corrected chi connectivity index (χ2v) is 5.91. The lowest BCUT2D eigenvalue weighted by molar-refractivity contribution is 0.189. The van der Waals surface area contributed by atoms with Crippen molar-refractivity contribution in [3.05, 3.63) is 66.0 Å². The first-order valence-electron chi connectivity index (χ1n) is 8.12. The third kappa shape index (κ3) is 3.89. The van der Waals surface area contributed by atoms with Gasteiger partial charge in [0, 0.05) is 12.2 Å². The Morgan fingerprint density at radius 1 is 1.04 bits per heavy atom. The number of anilines is 1. The highest BCUT2D eigenvalue weighted by atomic mass is 19.1. The van der Waals surface area contributed by atoms with E-state index in [0.717, 1.165) is 36.9 Å². The molecule has 3 nitrogen and oxygen atoms in total. The van der Waals surface area contributed by atoms with Gasteiger partial charge in [-0.3, -0.25) is 0 Å². The van der Waals surface area contributed by atoms with Crippen molar-refractivity contribution < 1.29 is 9.18 Å². The molecular weight excluding hydrogens is 291 g/mol. The molecule has 2 amide bonds. The summed E-state index contributed by atoms with van der Waals surface area (Å²) >= 11 is 0. The molecule has 23 heavy (non-hydrogen) atoms. The quantitative estimate of drug-likeness (QED) is 0.834. The summed E-state index contributed by atoms with van der Waals surface area (Å²) in [6.45, 7) is 0.694. The van der Waals surface area contributed by atoms with Crippen molar-refractivity contribution in [2.75, 3.05) is 11.9 Å². The number of likely N-dealkylation sites (tertiary alicyclic amines) is 1. The van der Waals surface area contributed by atoms with Crippen molar-refractivity contribution >= 4 is 11.7 Å². The Morgan fingerprint density at radius 2 is 1.87 bits per heavy atom. The smallest absolute Gasteiger partial charge is 0.317 e. The van der Waals surface area contributed by atoms with Crippen LogP contribution in [-0.4, -0.2) is 17.5 Å². The van der Waals surface area contributed by atoms with Gasteiger partial charge in [-0.05, 0) is 42.7 Å². The van der Waals surface area contributed by atoms with E-state index in [4.69, 9.17) is 0 Å². The Hall–Kier alpha value is -2.36. The van der Waals surface area contributed by atoms with Crippen LogP contribution in [0.3, 0.4) is 0 Å². The Morgan fingerprint density at radius 3 is 2.65 bits per heavy atom. The molecule has 0 aromatic heterocycles. The molecule has 1 N–H and O–H groups in total. The molecule has 2 aromatic carbocycles. The largest absolute Gasteiger partial charge is 0.322 e. The molecular formula is C19H21FN2O. The molecule has 0 saturated carbocycles. The summed E-state index contributed by atoms with van der Waals surface area (Å²) in [5.41, 5.74) is 1.65. The molecule has 1 saturated heterocycles. The number of benzene rings is 2. The molecule has 0 bridgehead atoms. The van der Waals surface area contributed by atoms with Gasteiger partial charge in [-0.25, -0.2) is 9.18 Å². The number of carbonyl (C=O) groups excluding carboxylic acids is 1. The lowest BCUT2D eigenvalue weighted by Gasteiger charge is -2.30. The summed E-state index contributed by atoms with van der Waals surface area (Å²) in [4.78, 5) is 14.6. The molecule has 0 radical (unpaired) electrons. The zero-order valence-electron chi connectivity index (χ0n) is 13.0. The standard InChI is InChI=1S/C19H21FN2O/c20-16-9-7-8-15(14-16)18-12-5-2-6-13-22(18)19(23)21-17-10-3-1-4-11-17/h1,3-4,7-11,14,18H,2,5-6,12-13H2,(H,21,23)/t18-/m0/s1. The van der Waals surface area contributed by atoms with E-state index in [2.05, 4.69) is 5.32 Å². The first kappa shape index (κ1) is 15.5. The summed E-state index contributed by atoms with van der Waals surface area (Å²) in [5, 5.41) is 2.95. The van der Waals surface area contributed by atoms with Crippen LogP contribution in [0, 0.1) is 5.82 Å². The van der Waals surface area contributed by atoms with Crippen molar-refractivity contribution in [2.24, 2.45) is 0 Å². The van der Waals surface area contributed by atoms with Gasteiger partial charge in [0.25, 0.3) is 0 Å². The normalized spacial score (nSPS) is 18.3. The number of rotatable bonds is 2. The van der Waals surface area contributed by atoms with Crippen LogP contribution in [0.5, 0.6) is 0 Å². The van der Waals surface area contributed by atoms with Crippen molar-refractivity contribution in [1.29, 1.82) is 0 Å². The number of halogens is 1. The van der Waals surface area contributed by atoms with Crippen LogP contribution < -0.4 is 5.32 Å². The molecule has 1 heterocycles. The zero-order chi connectivity index (χ0) is 16.1. The third-order valence-corrected chi connectivity index (χ3v) is 4.27. The number of hydrogen-bond donors (Lipinski definition) is 1. The summed E-state index contributed by atoms with van der Waals surface area (Å²) in [6, 6.07) is 15.8. The lowest BCUT2D eigenvalue weighted by atomic mass is 10.0. The van der Waals surface area contributed by atoms with Crippen LogP contribution in [-0.2, 0) is 0 Å². The first-order valence-corrected chi connectivity index (χ1v) is 8.12. The summed E-state index contributed by atoms with van der Waals surface area (Å²) < 4.78 is 13.6. The first-order chi connectivity index (χ1) is 11.2. The fourth-order valence-electron chi connectivity index (χ4n) is 3.13. The predicted molar refractivity (Wildman–Crippen MR) is 89.8 cm³/mol. The highest BCUT2D eigenvalue weighted by molar-refractivity contribution is 5.89. The second kappa shape index (κ2) is 7.27. The summed E-state index contributed by atoms with van der Waals surface area (Å²) in [6.07, 6.45) is 4.00. The van der Waals surface area contributed by atoms with E-state index in [0.29, 0.717) is 6.54 Å². The fourth-order valence-corrected chi connectivity index (χ4v) is 3.13. The van der Waals surface area contributed by atoms with Gasteiger partial charge >= 0.3 is 6.03 Å². The number of carbonyl (C=O) groups is 1. The van der Waals surface area contributed by atoms with Crippen LogP contribution in [0.25, 0.3) is 0 Å². The van der Waals surface area contributed by atoms with Crippen molar-refractivity contribution in [3.63, 3.8) is 0 Å². The van der Waals surface area contributed by atoms with Gasteiger partial charge in [0.2, 0.25) is 0 Å². The van der Waals surface area contributed by atoms with Crippen molar-refractivity contribution in [2.45, 2.75) is 31.7 Å². The Balaban J connectivity index is 1.82. The van der Waals surface area contributed by atoms with Gasteiger partial charge in [-0.1, -0.05) is 43.2 Å². The van der Waals surface area contributed by atoms with Crippen LogP contribution in [0.2, 0.25) is 0 Å². The summed E-state index contributed by atoms with van der Waals surface area (Å²) in [7, 11) is 0. The topological polar surface area (TPSA) is 32.3 Å². The average Bonchev–Trinajstić information content (AvgIpc) is 2.82. The molecule has 4 heteroatoms. The van der Waals surface area contributed by atoms with Gasteiger partial charge < -0.3 is 10.2 Å². The second-order valence-electron chi connectivity index (χ2n) is 5.91. The van der Waals surface area contributed by atoms with E-state index in [-0.39, 0.29) is 17.9 Å². The Bertz CT molecular complexity index is 659. The lowest BCUT2D eigenvalue weighted by Crippen LogP contribution is -2.38. The monoisotopic (exact) mass is 312 g/mol. The van der Waals surface area contributed by atoms with E-state index >= 15 is 0 Å². The summed E-state index contributed by atoms with van der Waals surface area (Å²) in [5.74, 6) is -0.254. The van der Waals surface area contributed by atoms with Gasteiger partial charge in [0.15, 0.2) is 0 Å². The number of urea groups is 1. The maximum absolute atomic E-state index is 13.6. The van der Waals surface area contributed by atoms with Crippen molar-refractivity contribution in [3.8, 4) is 0 Å². The van der Waals surface area contributed by atoms with E-state index in [1.54, 1.807) is 12.1 Å². The highest BCUT2D eigenvalue weighted by Crippen LogP contribution is 2.31. The van der Waals surface area contributed by atoms with Crippen molar-refractivity contribution in [1.82, 2.24) is 4.90 Å². The van der Waals surface area contributed by atoms with Crippen LogP contribution >= 0.6 is 0 Å². The third-order valence-electron chi connectivity index (χ3n) is 4.27. The maximum Gasteiger partial charge on any atom is 0.322 e. The molecule has 1 aliphatic heterocycles. The Kier molecular flexibility index (Phi) is 4.91. The molecule has 0 unspecified atom stereocenters. The molecule has 0 spiro atoms. The number of para-hydroxylation sites is 1. The average molecular weight is 312 g/mol. The van der Waals surface area contributed by atoms with Crippen LogP contribution in [0.1, 0.15) is 37.3 Å². The molecule has 1 aliphatic rings. The van der Waals surface area contributed by atoms with E-state index in [1.165, 1.54) is 6.07 Å². The minimum atomic E-state index is -0.254. The molecule has 0 aliphatic carbocycles. The molecule has 1 atom stereocenters. The van der Waals surface area contributed by atoms with E-state index in [1.807, 2.05) is 41.3 Å². The zero-order valence-corrected chi connectivity index (χ0v) is 13.0. The molecule has 2 aromatic rings. The maximum atomic E-state index is 13.6. The fraction of sp³-hybridized carbons (Fsp3) is 0.316. The number of amides is 2. The van der Waals surface area contributed by atoms with E-state index < -0.39 is 0 Å². The van der Waals surface area contributed by atoms with Gasteiger partial charge in [0.1, 0.15) is 5.82 Å². The van der Waals surface area contributed by atoms with Gasteiger partial charge in [-0.2, -0.15) is 0 Å². The van der Waals surface area contributed by atoms with E-state index in [9.17, 15) is 9.18 Å².